The van der Waals surface area contributed by atoms with Crippen molar-refractivity contribution in [3.05, 3.63) is 60.0 Å². The lowest BCUT2D eigenvalue weighted by atomic mass is 10.1. The van der Waals surface area contributed by atoms with Gasteiger partial charge in [-0.2, -0.15) is 5.10 Å². The summed E-state index contributed by atoms with van der Waals surface area (Å²) in [7, 11) is 0. The zero-order valence-corrected chi connectivity index (χ0v) is 20.6. The Morgan fingerprint density at radius 3 is 2.69 bits per heavy atom. The van der Waals surface area contributed by atoms with Crippen LogP contribution in [0.25, 0.3) is 55.3 Å². The second-order valence-corrected chi connectivity index (χ2v) is 10.1. The number of thiophene rings is 1. The molecule has 36 heavy (non-hydrogen) atoms. The Morgan fingerprint density at radius 1 is 1.03 bits per heavy atom. The molecule has 0 aliphatic carbocycles. The van der Waals surface area contributed by atoms with Gasteiger partial charge in [-0.15, -0.1) is 11.3 Å². The number of anilines is 1. The van der Waals surface area contributed by atoms with Crippen LogP contribution in [0.1, 0.15) is 18.7 Å². The fourth-order valence-corrected chi connectivity index (χ4v) is 4.89. The van der Waals surface area contributed by atoms with Crippen LogP contribution in [-0.2, 0) is 4.79 Å². The van der Waals surface area contributed by atoms with Gasteiger partial charge >= 0.3 is 0 Å². The first kappa shape index (κ1) is 22.1. The van der Waals surface area contributed by atoms with E-state index in [9.17, 15) is 4.79 Å². The monoisotopic (exact) mass is 494 g/mol. The molecule has 0 radical (unpaired) electrons. The number of H-pyrrole nitrogens is 2. The van der Waals surface area contributed by atoms with E-state index < -0.39 is 0 Å². The van der Waals surface area contributed by atoms with Gasteiger partial charge in [-0.1, -0.05) is 13.8 Å². The van der Waals surface area contributed by atoms with Crippen LogP contribution < -0.4 is 5.32 Å². The second kappa shape index (κ2) is 8.65. The molecule has 0 fully saturated rings. The summed E-state index contributed by atoms with van der Waals surface area (Å²) in [5.74, 6) is 0.428. The van der Waals surface area contributed by atoms with Crippen LogP contribution in [0.5, 0.6) is 0 Å². The van der Waals surface area contributed by atoms with Crippen molar-refractivity contribution in [3.63, 3.8) is 0 Å². The number of imidazole rings is 1. The van der Waals surface area contributed by atoms with Gasteiger partial charge in [-0.3, -0.25) is 14.9 Å². The minimum absolute atomic E-state index is 0.0600. The third kappa shape index (κ3) is 3.91. The van der Waals surface area contributed by atoms with Crippen molar-refractivity contribution in [1.29, 1.82) is 0 Å². The quantitative estimate of drug-likeness (QED) is 0.287. The van der Waals surface area contributed by atoms with Crippen LogP contribution in [0.4, 0.5) is 5.69 Å². The number of fused-ring (bicyclic) bond motifs is 2. The minimum atomic E-state index is -0.122. The van der Waals surface area contributed by atoms with Gasteiger partial charge in [0, 0.05) is 51.0 Å². The molecule has 0 atom stereocenters. The highest BCUT2D eigenvalue weighted by molar-refractivity contribution is 7.15. The van der Waals surface area contributed by atoms with Gasteiger partial charge in [0.2, 0.25) is 5.91 Å². The van der Waals surface area contributed by atoms with Gasteiger partial charge in [0.25, 0.3) is 0 Å². The number of rotatable bonds is 5. The van der Waals surface area contributed by atoms with Crippen molar-refractivity contribution >= 4 is 45.1 Å². The summed E-state index contributed by atoms with van der Waals surface area (Å²) in [6.45, 7) is 5.79. The summed E-state index contributed by atoms with van der Waals surface area (Å²) in [4.78, 5) is 36.0. The van der Waals surface area contributed by atoms with E-state index in [1.54, 1.807) is 36.1 Å². The van der Waals surface area contributed by atoms with Gasteiger partial charge < -0.3 is 10.3 Å². The molecule has 6 aromatic rings. The van der Waals surface area contributed by atoms with Gasteiger partial charge in [-0.25, -0.2) is 15.0 Å². The van der Waals surface area contributed by atoms with Gasteiger partial charge in [0.15, 0.2) is 17.1 Å². The zero-order chi connectivity index (χ0) is 24.8. The Kier molecular flexibility index (Phi) is 5.30. The summed E-state index contributed by atoms with van der Waals surface area (Å²) in [5, 5.41) is 11.2. The summed E-state index contributed by atoms with van der Waals surface area (Å²) < 4.78 is 0. The first-order valence-corrected chi connectivity index (χ1v) is 12.3. The molecule has 0 unspecified atom stereocenters. The van der Waals surface area contributed by atoms with E-state index in [0.29, 0.717) is 28.5 Å². The molecule has 3 N–H and O–H groups in total. The molecule has 178 valence electrons. The van der Waals surface area contributed by atoms with E-state index in [2.05, 4.69) is 54.5 Å². The summed E-state index contributed by atoms with van der Waals surface area (Å²) >= 11 is 1.73. The maximum Gasteiger partial charge on any atom is 0.226 e. The molecule has 0 aliphatic heterocycles. The Hall–Kier alpha value is -4.44. The summed E-state index contributed by atoms with van der Waals surface area (Å²) in [5.41, 5.74) is 6.15. The van der Waals surface area contributed by atoms with Gasteiger partial charge in [0.05, 0.1) is 17.3 Å². The molecular formula is C26H22N8OS. The fourth-order valence-electron chi connectivity index (χ4n) is 4.00. The average molecular weight is 495 g/mol. The molecule has 0 saturated carbocycles. The summed E-state index contributed by atoms with van der Waals surface area (Å²) in [6.07, 6.45) is 6.92. The van der Waals surface area contributed by atoms with Crippen LogP contribution in [-0.4, -0.2) is 41.0 Å². The Balaban J connectivity index is 1.41. The number of nitrogens with zero attached hydrogens (tertiary/aromatic N) is 5. The highest BCUT2D eigenvalue weighted by atomic mass is 32.1. The number of pyridine rings is 3. The molecule has 10 heteroatoms. The number of aryl methyl sites for hydroxylation is 1. The summed E-state index contributed by atoms with van der Waals surface area (Å²) in [6, 6.07) is 10.1. The standard InChI is InChI=1S/C26H22N8OS/c1-13(2)26(35)30-17-8-15(10-27-12-17)16-9-19-22(33-34-23(19)29-11-16)25-31-21-18(6-7-28-24(21)32-25)20-5-4-14(3)36-20/h4-13H,1-3H3,(H,30,35)(H,28,31,32)(H,29,33,34). The average Bonchev–Trinajstić information content (AvgIpc) is 3.61. The number of amides is 1. The van der Waals surface area contributed by atoms with Crippen molar-refractivity contribution in [1.82, 2.24) is 35.1 Å². The van der Waals surface area contributed by atoms with E-state index in [-0.39, 0.29) is 11.8 Å². The van der Waals surface area contributed by atoms with E-state index >= 15 is 0 Å². The SMILES string of the molecule is Cc1ccc(-c2ccnc3[nH]c(-c4n[nH]c5ncc(-c6cncc(NC(=O)C(C)C)c6)cc45)nc23)s1. The molecule has 0 spiro atoms. The molecule has 0 aromatic carbocycles. The molecule has 9 nitrogen and oxygen atoms in total. The van der Waals surface area contributed by atoms with E-state index in [4.69, 9.17) is 4.98 Å². The topological polar surface area (TPSA) is 125 Å². The number of hydrogen-bond acceptors (Lipinski definition) is 7. The number of hydrogen-bond donors (Lipinski definition) is 3. The predicted molar refractivity (Wildman–Crippen MR) is 142 cm³/mol. The maximum absolute atomic E-state index is 12.1. The molecule has 0 aliphatic rings. The first-order chi connectivity index (χ1) is 17.5. The highest BCUT2D eigenvalue weighted by Gasteiger charge is 2.18. The Morgan fingerprint density at radius 2 is 1.89 bits per heavy atom. The fraction of sp³-hybridized carbons (Fsp3) is 0.154. The number of nitrogens with one attached hydrogen (secondary N) is 3. The van der Waals surface area contributed by atoms with E-state index in [1.807, 2.05) is 32.0 Å². The third-order valence-corrected chi connectivity index (χ3v) is 6.93. The van der Waals surface area contributed by atoms with Crippen LogP contribution in [0.3, 0.4) is 0 Å². The Labute approximate surface area is 210 Å². The van der Waals surface area contributed by atoms with Crippen LogP contribution in [0, 0.1) is 12.8 Å². The Bertz CT molecular complexity index is 1750. The van der Waals surface area contributed by atoms with Crippen molar-refractivity contribution in [2.45, 2.75) is 20.8 Å². The van der Waals surface area contributed by atoms with E-state index in [1.165, 1.54) is 4.88 Å². The van der Waals surface area contributed by atoms with Crippen LogP contribution in [0.15, 0.2) is 55.1 Å². The smallest absolute Gasteiger partial charge is 0.226 e. The minimum Gasteiger partial charge on any atom is -0.324 e. The molecule has 6 rings (SSSR count). The molecular weight excluding hydrogens is 472 g/mol. The largest absolute Gasteiger partial charge is 0.324 e. The highest BCUT2D eigenvalue weighted by Crippen LogP contribution is 2.34. The lowest BCUT2D eigenvalue weighted by Crippen LogP contribution is -2.17. The van der Waals surface area contributed by atoms with Gasteiger partial charge in [0.1, 0.15) is 11.2 Å². The maximum atomic E-state index is 12.1. The lowest BCUT2D eigenvalue weighted by molar-refractivity contribution is -0.118. The second-order valence-electron chi connectivity index (χ2n) is 8.85. The zero-order valence-electron chi connectivity index (χ0n) is 19.8. The van der Waals surface area contributed by atoms with Crippen LogP contribution in [0.2, 0.25) is 0 Å². The normalized spacial score (nSPS) is 11.6. The third-order valence-electron chi connectivity index (χ3n) is 5.89. The van der Waals surface area contributed by atoms with Crippen molar-refractivity contribution < 1.29 is 4.79 Å². The van der Waals surface area contributed by atoms with Crippen molar-refractivity contribution in [2.24, 2.45) is 5.92 Å². The number of carbonyl (C=O) groups excluding carboxylic acids is 1. The predicted octanol–water partition coefficient (Wildman–Crippen LogP) is 5.59. The number of aromatic nitrogens is 7. The molecule has 0 bridgehead atoms. The van der Waals surface area contributed by atoms with Crippen LogP contribution >= 0.6 is 11.3 Å². The molecule has 6 heterocycles. The molecule has 0 saturated heterocycles. The molecule has 6 aromatic heterocycles. The van der Waals surface area contributed by atoms with Crippen molar-refractivity contribution in [3.8, 4) is 33.1 Å². The molecule has 1 amide bonds. The number of carbonyl (C=O) groups is 1. The van der Waals surface area contributed by atoms with Crippen molar-refractivity contribution in [2.75, 3.05) is 5.32 Å². The first-order valence-electron chi connectivity index (χ1n) is 11.5. The van der Waals surface area contributed by atoms with E-state index in [0.717, 1.165) is 32.5 Å². The van der Waals surface area contributed by atoms with Gasteiger partial charge in [-0.05, 0) is 37.3 Å². The number of aromatic amines is 2. The lowest BCUT2D eigenvalue weighted by Gasteiger charge is -2.09.